The summed E-state index contributed by atoms with van der Waals surface area (Å²) >= 11 is 0. The maximum Gasteiger partial charge on any atom is 0.422 e. The number of hydrogen-bond donors (Lipinski definition) is 0. The Kier molecular flexibility index (Phi) is 11.7. The van der Waals surface area contributed by atoms with Gasteiger partial charge in [-0.25, -0.2) is 4.79 Å². The van der Waals surface area contributed by atoms with Crippen LogP contribution < -0.4 is 18.9 Å². The van der Waals surface area contributed by atoms with E-state index in [0.29, 0.717) is 24.2 Å². The topological polar surface area (TPSA) is 143 Å². The van der Waals surface area contributed by atoms with Gasteiger partial charge in [-0.2, -0.15) is 4.79 Å². The molecule has 0 spiro atoms. The van der Waals surface area contributed by atoms with Crippen molar-refractivity contribution in [2.45, 2.75) is 61.0 Å². The molecule has 0 heterocycles. The smallest absolute Gasteiger partial charge is 0.422 e. The lowest BCUT2D eigenvalue weighted by Gasteiger charge is -2.18. The Hall–Kier alpha value is -4.37. The molecular formula is C31H40N2O9. The van der Waals surface area contributed by atoms with Crippen LogP contribution in [-0.4, -0.2) is 56.3 Å². The number of hydrogen-bond acceptors (Lipinski definition) is 9. The molecule has 0 unspecified atom stereocenters. The molecule has 0 atom stereocenters. The SMILES string of the molecule is COC(=O)C(=[N+]=[N-])c1cc(CCCOC(=O)C(C)(C)C)cc(OC)c1OCc1ccc(OC(=O)C(C)(C)C)c(OC)c1. The standard InChI is InChI=1S/C31H40N2O9/c1-30(2,3)28(35)40-14-10-11-19-15-21(25(33-32)27(34)39-9)26(24(16-19)38-8)41-18-20-12-13-22(23(17-20)37-7)42-29(36)31(4,5)6/h12-13,15-17H,10-11,14,18H2,1-9H3. The summed E-state index contributed by atoms with van der Waals surface area (Å²) in [6.45, 7) is 10.8. The van der Waals surface area contributed by atoms with E-state index in [1.165, 1.54) is 21.3 Å². The summed E-state index contributed by atoms with van der Waals surface area (Å²) in [7, 11) is 4.06. The van der Waals surface area contributed by atoms with Crippen molar-refractivity contribution in [3.63, 3.8) is 0 Å². The van der Waals surface area contributed by atoms with Crippen molar-refractivity contribution in [1.29, 1.82) is 0 Å². The first-order valence-electron chi connectivity index (χ1n) is 13.4. The van der Waals surface area contributed by atoms with Gasteiger partial charge in [-0.15, -0.1) is 0 Å². The summed E-state index contributed by atoms with van der Waals surface area (Å²) in [6.07, 6.45) is 0.966. The third-order valence-corrected chi connectivity index (χ3v) is 5.95. The normalized spacial score (nSPS) is 11.2. The molecule has 2 aromatic rings. The molecule has 0 aliphatic carbocycles. The van der Waals surface area contributed by atoms with E-state index in [4.69, 9.17) is 28.4 Å². The van der Waals surface area contributed by atoms with Crippen molar-refractivity contribution >= 4 is 23.6 Å². The van der Waals surface area contributed by atoms with Gasteiger partial charge in [0.1, 0.15) is 12.2 Å². The van der Waals surface area contributed by atoms with Crippen LogP contribution in [0.4, 0.5) is 0 Å². The van der Waals surface area contributed by atoms with Gasteiger partial charge in [-0.1, -0.05) is 6.07 Å². The number of rotatable bonds is 12. The maximum absolute atomic E-state index is 12.5. The molecule has 228 valence electrons. The van der Waals surface area contributed by atoms with Gasteiger partial charge < -0.3 is 34.0 Å². The van der Waals surface area contributed by atoms with Crippen LogP contribution >= 0.6 is 0 Å². The van der Waals surface area contributed by atoms with E-state index in [1.54, 1.807) is 71.9 Å². The highest BCUT2D eigenvalue weighted by molar-refractivity contribution is 6.41. The average Bonchev–Trinajstić information content (AvgIpc) is 2.93. The van der Waals surface area contributed by atoms with Gasteiger partial charge in [0.2, 0.25) is 0 Å². The van der Waals surface area contributed by atoms with Crippen LogP contribution in [0.1, 0.15) is 64.7 Å². The Morgan fingerprint density at radius 1 is 0.810 bits per heavy atom. The van der Waals surface area contributed by atoms with Crippen LogP contribution in [0.25, 0.3) is 5.53 Å². The molecule has 11 nitrogen and oxygen atoms in total. The molecule has 0 bridgehead atoms. The summed E-state index contributed by atoms with van der Waals surface area (Å²) in [5.41, 5.74) is 9.53. The number of aryl methyl sites for hydroxylation is 1. The minimum atomic E-state index is -0.882. The second kappa shape index (κ2) is 14.5. The molecule has 11 heteroatoms. The Bertz CT molecular complexity index is 1350. The van der Waals surface area contributed by atoms with E-state index in [2.05, 4.69) is 4.79 Å². The van der Waals surface area contributed by atoms with Crippen LogP contribution in [0.2, 0.25) is 0 Å². The Morgan fingerprint density at radius 2 is 1.43 bits per heavy atom. The van der Waals surface area contributed by atoms with Gasteiger partial charge in [0.25, 0.3) is 0 Å². The van der Waals surface area contributed by atoms with Gasteiger partial charge in [-0.05, 0) is 89.8 Å². The summed E-state index contributed by atoms with van der Waals surface area (Å²) in [6, 6.07) is 8.32. The quantitative estimate of drug-likeness (QED) is 0.0845. The van der Waals surface area contributed by atoms with Crippen molar-refractivity contribution in [2.75, 3.05) is 27.9 Å². The minimum Gasteiger partial charge on any atom is -0.493 e. The van der Waals surface area contributed by atoms with Crippen LogP contribution in [0.15, 0.2) is 30.3 Å². The number of methoxy groups -OCH3 is 3. The predicted octanol–water partition coefficient (Wildman–Crippen LogP) is 4.95. The Labute approximate surface area is 246 Å². The fraction of sp³-hybridized carbons (Fsp3) is 0.484. The molecule has 0 saturated carbocycles. The van der Waals surface area contributed by atoms with Crippen LogP contribution in [0.3, 0.4) is 0 Å². The van der Waals surface area contributed by atoms with Crippen molar-refractivity contribution in [3.8, 4) is 23.0 Å². The van der Waals surface area contributed by atoms with Crippen molar-refractivity contribution in [3.05, 3.63) is 52.6 Å². The minimum absolute atomic E-state index is 0.00476. The molecule has 0 aromatic heterocycles. The monoisotopic (exact) mass is 584 g/mol. The molecule has 0 N–H and O–H groups in total. The predicted molar refractivity (Wildman–Crippen MR) is 154 cm³/mol. The van der Waals surface area contributed by atoms with Crippen LogP contribution in [0.5, 0.6) is 23.0 Å². The molecule has 0 aliphatic rings. The number of carbonyl (C=O) groups excluding carboxylic acids is 3. The number of esters is 3. The summed E-state index contributed by atoms with van der Waals surface area (Å²) in [5.74, 6) is -0.588. The van der Waals surface area contributed by atoms with Gasteiger partial charge >= 0.3 is 23.6 Å². The van der Waals surface area contributed by atoms with Crippen molar-refractivity contribution in [1.82, 2.24) is 0 Å². The van der Waals surface area contributed by atoms with Gasteiger partial charge in [0.05, 0.1) is 38.8 Å². The van der Waals surface area contributed by atoms with E-state index in [0.717, 1.165) is 5.56 Å². The third kappa shape index (κ3) is 9.07. The third-order valence-electron chi connectivity index (χ3n) is 5.95. The van der Waals surface area contributed by atoms with Crippen molar-refractivity contribution < 1.29 is 47.6 Å². The van der Waals surface area contributed by atoms with Gasteiger partial charge in [0, 0.05) is 0 Å². The molecule has 2 aromatic carbocycles. The first-order valence-corrected chi connectivity index (χ1v) is 13.4. The van der Waals surface area contributed by atoms with E-state index in [-0.39, 0.29) is 47.7 Å². The van der Waals surface area contributed by atoms with E-state index < -0.39 is 22.8 Å². The molecule has 42 heavy (non-hydrogen) atoms. The summed E-state index contributed by atoms with van der Waals surface area (Å²) in [4.78, 5) is 40.0. The van der Waals surface area contributed by atoms with Gasteiger partial charge in [0.15, 0.2) is 23.0 Å². The maximum atomic E-state index is 12.5. The second-order valence-electron chi connectivity index (χ2n) is 11.5. The average molecular weight is 585 g/mol. The molecule has 2 rings (SSSR count). The van der Waals surface area contributed by atoms with Crippen LogP contribution in [0, 0.1) is 10.8 Å². The molecule has 0 radical (unpaired) electrons. The zero-order chi connectivity index (χ0) is 31.7. The highest BCUT2D eigenvalue weighted by Gasteiger charge is 2.31. The van der Waals surface area contributed by atoms with Gasteiger partial charge in [-0.3, -0.25) is 9.59 Å². The van der Waals surface area contributed by atoms with E-state index in [9.17, 15) is 19.9 Å². The lowest BCUT2D eigenvalue weighted by atomic mass is 9.97. The molecular weight excluding hydrogens is 544 g/mol. The first-order chi connectivity index (χ1) is 19.7. The lowest BCUT2D eigenvalue weighted by Crippen LogP contribution is -2.25. The van der Waals surface area contributed by atoms with Crippen molar-refractivity contribution in [2.24, 2.45) is 10.8 Å². The fourth-order valence-corrected chi connectivity index (χ4v) is 3.53. The number of benzene rings is 2. The highest BCUT2D eigenvalue weighted by Crippen LogP contribution is 2.36. The lowest BCUT2D eigenvalue weighted by molar-refractivity contribution is -0.153. The summed E-state index contributed by atoms with van der Waals surface area (Å²) < 4.78 is 32.7. The zero-order valence-electron chi connectivity index (χ0n) is 25.8. The number of ether oxygens (including phenoxy) is 6. The Morgan fingerprint density at radius 3 is 1.98 bits per heavy atom. The molecule has 0 aliphatic heterocycles. The molecule has 0 saturated heterocycles. The Balaban J connectivity index is 2.37. The zero-order valence-corrected chi connectivity index (χ0v) is 25.8. The fourth-order valence-electron chi connectivity index (χ4n) is 3.53. The van der Waals surface area contributed by atoms with E-state index in [1.807, 2.05) is 0 Å². The second-order valence-corrected chi connectivity index (χ2v) is 11.5. The van der Waals surface area contributed by atoms with Crippen LogP contribution in [-0.2, 0) is 36.9 Å². The largest absolute Gasteiger partial charge is 0.493 e. The molecule has 0 amide bonds. The summed E-state index contributed by atoms with van der Waals surface area (Å²) in [5, 5.41) is 0. The first kappa shape index (κ1) is 33.8. The number of nitrogens with zero attached hydrogens (tertiary/aromatic N) is 2. The highest BCUT2D eigenvalue weighted by atomic mass is 16.6. The molecule has 0 fully saturated rings. The van der Waals surface area contributed by atoms with E-state index >= 15 is 0 Å². The number of carbonyl (C=O) groups is 3.